The first-order chi connectivity index (χ1) is 29.7. The zero-order valence-corrected chi connectivity index (χ0v) is 34.8. The Morgan fingerprint density at radius 3 is 1.30 bits per heavy atom. The minimum absolute atomic E-state index is 0.0884. The van der Waals surface area contributed by atoms with Gasteiger partial charge in [-0.15, -0.1) is 0 Å². The van der Waals surface area contributed by atoms with Crippen LogP contribution in [-0.2, 0) is 92.9 Å². The van der Waals surface area contributed by atoms with Crippen molar-refractivity contribution in [2.24, 2.45) is 0 Å². The van der Waals surface area contributed by atoms with Gasteiger partial charge in [-0.2, -0.15) is 0 Å². The summed E-state index contributed by atoms with van der Waals surface area (Å²) in [6, 6.07) is 39.0. The molecule has 14 nitrogen and oxygen atoms in total. The molecule has 61 heavy (non-hydrogen) atoms. The molecule has 10 atom stereocenters. The van der Waals surface area contributed by atoms with Gasteiger partial charge in [0.15, 0.2) is 30.9 Å². The normalized spacial score (nSPS) is 26.2. The zero-order valence-electron chi connectivity index (χ0n) is 34.8. The summed E-state index contributed by atoms with van der Waals surface area (Å²) in [5.41, 5.74) is 3.74. The van der Waals surface area contributed by atoms with Gasteiger partial charge in [0.2, 0.25) is 0 Å². The molecule has 0 aromatic heterocycles. The third-order valence-electron chi connectivity index (χ3n) is 10.00. The molecule has 326 valence electrons. The van der Waals surface area contributed by atoms with E-state index in [0.717, 1.165) is 22.3 Å². The van der Waals surface area contributed by atoms with E-state index in [9.17, 15) is 14.4 Å². The molecule has 0 amide bonds. The Morgan fingerprint density at radius 1 is 0.426 bits per heavy atom. The number of benzene rings is 4. The van der Waals surface area contributed by atoms with Crippen LogP contribution in [0.3, 0.4) is 0 Å². The number of hydrogen-bond donors (Lipinski definition) is 0. The van der Waals surface area contributed by atoms with Gasteiger partial charge in [0.05, 0.1) is 39.6 Å². The molecule has 0 aliphatic carbocycles. The quantitative estimate of drug-likeness (QED) is 0.0771. The van der Waals surface area contributed by atoms with Gasteiger partial charge < -0.3 is 52.1 Å². The lowest BCUT2D eigenvalue weighted by Crippen LogP contribution is -2.64. The zero-order chi connectivity index (χ0) is 43.0. The summed E-state index contributed by atoms with van der Waals surface area (Å²) in [4.78, 5) is 37.1. The minimum Gasteiger partial charge on any atom is -0.456 e. The van der Waals surface area contributed by atoms with E-state index < -0.39 is 79.3 Å². The lowest BCUT2D eigenvalue weighted by Gasteiger charge is -2.47. The Bertz CT molecular complexity index is 1920. The molecule has 4 aromatic carbocycles. The Balaban J connectivity index is 1.35. The second-order valence-corrected chi connectivity index (χ2v) is 14.7. The number of rotatable bonds is 20. The third kappa shape index (κ3) is 13.5. The van der Waals surface area contributed by atoms with Crippen molar-refractivity contribution in [1.29, 1.82) is 0 Å². The van der Waals surface area contributed by atoms with Crippen molar-refractivity contribution < 1.29 is 66.5 Å². The smallest absolute Gasteiger partial charge is 0.303 e. The summed E-state index contributed by atoms with van der Waals surface area (Å²) in [6.07, 6.45) is -10.6. The summed E-state index contributed by atoms with van der Waals surface area (Å²) in [5.74, 6) is -2.10. The van der Waals surface area contributed by atoms with Crippen molar-refractivity contribution in [3.63, 3.8) is 0 Å². The second kappa shape index (κ2) is 23.3. The van der Waals surface area contributed by atoms with Gasteiger partial charge in [0.1, 0.15) is 30.5 Å². The van der Waals surface area contributed by atoms with Gasteiger partial charge >= 0.3 is 17.9 Å². The van der Waals surface area contributed by atoms with Crippen molar-refractivity contribution in [3.8, 4) is 0 Å². The van der Waals surface area contributed by atoms with Gasteiger partial charge in [-0.05, 0) is 22.3 Å². The molecule has 6 rings (SSSR count). The standard InChI is InChI=1S/C47H54O14/c1-31(48)57-41-39(60-46(51-4)45(59-33(3)50)43(41)58-32(2)49)30-56-47-44(55-28-37-23-15-8-16-24-37)42(54-27-36-21-13-7-14-22-36)40(53-26-35-19-11-6-12-20-35)38(61-47)29-52-25-34-17-9-5-10-18-34/h5-24,38-47H,25-30H2,1-4H3/t38-,39-,40-,41-,42+,43+,44+,45-,46+,47+/m1/s1. The Labute approximate surface area is 356 Å². The molecule has 2 aliphatic heterocycles. The fraction of sp³-hybridized carbons (Fsp3) is 0.426. The summed E-state index contributed by atoms with van der Waals surface area (Å²) in [6.45, 7) is 4.30. The van der Waals surface area contributed by atoms with E-state index in [1.807, 2.05) is 121 Å². The van der Waals surface area contributed by atoms with Crippen LogP contribution < -0.4 is 0 Å². The first kappa shape index (κ1) is 45.5. The maximum atomic E-state index is 12.5. The van der Waals surface area contributed by atoms with E-state index in [1.54, 1.807) is 0 Å². The highest BCUT2D eigenvalue weighted by Gasteiger charge is 2.54. The molecular formula is C47H54O14. The molecule has 0 bridgehead atoms. The molecule has 0 N–H and O–H groups in total. The van der Waals surface area contributed by atoms with E-state index in [-0.39, 0.29) is 33.0 Å². The van der Waals surface area contributed by atoms with Crippen molar-refractivity contribution in [2.75, 3.05) is 20.3 Å². The lowest BCUT2D eigenvalue weighted by molar-refractivity contribution is -0.344. The minimum atomic E-state index is -1.31. The van der Waals surface area contributed by atoms with E-state index in [4.69, 9.17) is 52.1 Å². The SMILES string of the molecule is CO[C@H]1O[C@H](CO[C@H]2O[C@H](COCc3ccccc3)[C@@H](OCc3ccccc3)[C@H](OCc3ccccc3)[C@@H]2OCc2ccccc2)[C@@H](OC(C)=O)[C@H](OC(C)=O)[C@H]1OC(C)=O. The number of esters is 3. The fourth-order valence-electron chi connectivity index (χ4n) is 7.25. The van der Waals surface area contributed by atoms with Crippen molar-refractivity contribution in [2.45, 2.75) is 109 Å². The lowest BCUT2D eigenvalue weighted by atomic mass is 9.97. The molecule has 4 aromatic rings. The predicted octanol–water partition coefficient (Wildman–Crippen LogP) is 5.87. The molecule has 0 spiro atoms. The summed E-state index contributed by atoms with van der Waals surface area (Å²) in [7, 11) is 1.35. The topological polar surface area (TPSA) is 153 Å². The highest BCUT2D eigenvalue weighted by molar-refractivity contribution is 5.68. The maximum absolute atomic E-state index is 12.5. The maximum Gasteiger partial charge on any atom is 0.303 e. The summed E-state index contributed by atoms with van der Waals surface area (Å²) in [5, 5.41) is 0. The number of carbonyl (C=O) groups is 3. The molecule has 0 unspecified atom stereocenters. The summed E-state index contributed by atoms with van der Waals surface area (Å²) < 4.78 is 68.7. The van der Waals surface area contributed by atoms with Gasteiger partial charge in [0.25, 0.3) is 0 Å². The Kier molecular flexibility index (Phi) is 17.3. The first-order valence-corrected chi connectivity index (χ1v) is 20.2. The molecule has 14 heteroatoms. The monoisotopic (exact) mass is 842 g/mol. The van der Waals surface area contributed by atoms with Crippen LogP contribution in [0.15, 0.2) is 121 Å². The van der Waals surface area contributed by atoms with Gasteiger partial charge in [-0.1, -0.05) is 121 Å². The fourth-order valence-corrected chi connectivity index (χ4v) is 7.25. The van der Waals surface area contributed by atoms with Crippen LogP contribution in [0, 0.1) is 0 Å². The van der Waals surface area contributed by atoms with Crippen LogP contribution in [-0.4, -0.2) is 99.6 Å². The van der Waals surface area contributed by atoms with Crippen LogP contribution >= 0.6 is 0 Å². The van der Waals surface area contributed by atoms with E-state index in [0.29, 0.717) is 6.61 Å². The number of carbonyl (C=O) groups excluding carboxylic acids is 3. The predicted molar refractivity (Wildman–Crippen MR) is 218 cm³/mol. The second-order valence-electron chi connectivity index (χ2n) is 14.7. The van der Waals surface area contributed by atoms with Crippen molar-refractivity contribution in [3.05, 3.63) is 144 Å². The first-order valence-electron chi connectivity index (χ1n) is 20.2. The largest absolute Gasteiger partial charge is 0.456 e. The van der Waals surface area contributed by atoms with Gasteiger partial charge in [-0.25, -0.2) is 0 Å². The molecule has 2 aliphatic rings. The van der Waals surface area contributed by atoms with Crippen LogP contribution in [0.5, 0.6) is 0 Å². The van der Waals surface area contributed by atoms with Crippen LogP contribution in [0.4, 0.5) is 0 Å². The van der Waals surface area contributed by atoms with E-state index >= 15 is 0 Å². The van der Waals surface area contributed by atoms with Crippen molar-refractivity contribution in [1.82, 2.24) is 0 Å². The van der Waals surface area contributed by atoms with Gasteiger partial charge in [0, 0.05) is 27.9 Å². The molecule has 2 heterocycles. The average molecular weight is 843 g/mol. The summed E-state index contributed by atoms with van der Waals surface area (Å²) >= 11 is 0. The average Bonchev–Trinajstić information content (AvgIpc) is 3.26. The van der Waals surface area contributed by atoms with Gasteiger partial charge in [-0.3, -0.25) is 14.4 Å². The Hall–Kier alpha value is -5.03. The van der Waals surface area contributed by atoms with E-state index in [1.165, 1.54) is 27.9 Å². The molecule has 0 radical (unpaired) electrons. The van der Waals surface area contributed by atoms with Crippen LogP contribution in [0.25, 0.3) is 0 Å². The highest BCUT2D eigenvalue weighted by Crippen LogP contribution is 2.34. The van der Waals surface area contributed by atoms with Crippen LogP contribution in [0.2, 0.25) is 0 Å². The van der Waals surface area contributed by atoms with E-state index in [2.05, 4.69) is 0 Å². The number of methoxy groups -OCH3 is 1. The molecule has 2 saturated heterocycles. The molecule has 0 saturated carbocycles. The molecule has 2 fully saturated rings. The third-order valence-corrected chi connectivity index (χ3v) is 10.00. The number of ether oxygens (including phenoxy) is 11. The Morgan fingerprint density at radius 2 is 0.820 bits per heavy atom. The molecular weight excluding hydrogens is 789 g/mol. The number of hydrogen-bond acceptors (Lipinski definition) is 14. The van der Waals surface area contributed by atoms with Crippen LogP contribution in [0.1, 0.15) is 43.0 Å². The highest BCUT2D eigenvalue weighted by atomic mass is 16.8. The van der Waals surface area contributed by atoms with Crippen molar-refractivity contribution >= 4 is 17.9 Å².